The summed E-state index contributed by atoms with van der Waals surface area (Å²) in [5.41, 5.74) is -1.40. The van der Waals surface area contributed by atoms with E-state index in [1.54, 1.807) is 18.2 Å². The lowest BCUT2D eigenvalue weighted by Crippen LogP contribution is -2.49. The highest BCUT2D eigenvalue weighted by Crippen LogP contribution is 2.38. The Morgan fingerprint density at radius 1 is 0.871 bits per heavy atom. The third-order valence-corrected chi connectivity index (χ3v) is 4.63. The van der Waals surface area contributed by atoms with Gasteiger partial charge in [-0.3, -0.25) is 0 Å². The summed E-state index contributed by atoms with van der Waals surface area (Å²) in [6, 6.07) is 21.9. The fraction of sp³-hybridized carbons (Fsp3) is 0.208. The Morgan fingerprint density at radius 3 is 2.19 bits per heavy atom. The Kier molecular flexibility index (Phi) is 5.84. The molecule has 0 saturated carbocycles. The number of hydrogen-bond acceptors (Lipinski definition) is 6. The normalized spacial score (nSPS) is 16.9. The second-order valence-electron chi connectivity index (χ2n) is 7.12. The van der Waals surface area contributed by atoms with Crippen LogP contribution in [0.2, 0.25) is 0 Å². The van der Waals surface area contributed by atoms with Crippen LogP contribution in [0.3, 0.4) is 0 Å². The maximum atomic E-state index is 11.3. The van der Waals surface area contributed by atoms with Crippen molar-refractivity contribution < 1.29 is 33.6 Å². The van der Waals surface area contributed by atoms with Gasteiger partial charge in [-0.25, -0.2) is 4.79 Å². The van der Waals surface area contributed by atoms with E-state index in [2.05, 4.69) is 0 Å². The van der Waals surface area contributed by atoms with E-state index in [1.807, 2.05) is 54.6 Å². The van der Waals surface area contributed by atoms with E-state index in [0.29, 0.717) is 36.2 Å². The minimum Gasteiger partial charge on any atom is -0.490 e. The molecule has 7 nitrogen and oxygen atoms in total. The van der Waals surface area contributed by atoms with E-state index >= 15 is 0 Å². The minimum atomic E-state index is -1.40. The van der Waals surface area contributed by atoms with Crippen LogP contribution in [-0.4, -0.2) is 36.5 Å². The van der Waals surface area contributed by atoms with Gasteiger partial charge in [0.05, 0.1) is 0 Å². The predicted octanol–water partition coefficient (Wildman–Crippen LogP) is 4.55. The SMILES string of the molecule is CC1(C(=O)O)COc2cc(OCCOc3ccc(Oc4ccccc4)cc3)ccc2O1. The fourth-order valence-corrected chi connectivity index (χ4v) is 2.92. The molecule has 1 heterocycles. The van der Waals surface area contributed by atoms with Crippen LogP contribution in [0.5, 0.6) is 34.5 Å². The first-order valence-electron chi connectivity index (χ1n) is 9.80. The summed E-state index contributed by atoms with van der Waals surface area (Å²) in [5.74, 6) is 2.54. The van der Waals surface area contributed by atoms with E-state index in [1.165, 1.54) is 6.92 Å². The number of rotatable bonds is 8. The molecule has 4 rings (SSSR count). The van der Waals surface area contributed by atoms with Crippen LogP contribution < -0.4 is 23.7 Å². The lowest BCUT2D eigenvalue weighted by Gasteiger charge is -2.32. The highest BCUT2D eigenvalue weighted by molar-refractivity contribution is 5.78. The molecule has 0 bridgehead atoms. The smallest absolute Gasteiger partial charge is 0.351 e. The minimum absolute atomic E-state index is 0.0775. The van der Waals surface area contributed by atoms with Crippen molar-refractivity contribution in [1.82, 2.24) is 0 Å². The first-order chi connectivity index (χ1) is 15.0. The molecular formula is C24H22O7. The van der Waals surface area contributed by atoms with Crippen LogP contribution in [0.25, 0.3) is 0 Å². The summed E-state index contributed by atoms with van der Waals surface area (Å²) in [6.45, 7) is 2.07. The zero-order valence-corrected chi connectivity index (χ0v) is 16.9. The molecule has 1 aliphatic rings. The van der Waals surface area contributed by atoms with Gasteiger partial charge in [0.15, 0.2) is 11.5 Å². The van der Waals surface area contributed by atoms with Crippen molar-refractivity contribution in [2.45, 2.75) is 12.5 Å². The number of aliphatic carboxylic acids is 1. The molecular weight excluding hydrogens is 400 g/mol. The highest BCUT2D eigenvalue weighted by Gasteiger charge is 2.40. The predicted molar refractivity (Wildman–Crippen MR) is 113 cm³/mol. The van der Waals surface area contributed by atoms with Crippen molar-refractivity contribution in [2.24, 2.45) is 0 Å². The van der Waals surface area contributed by atoms with Gasteiger partial charge in [0.25, 0.3) is 0 Å². The number of para-hydroxylation sites is 1. The third-order valence-electron chi connectivity index (χ3n) is 4.63. The Bertz CT molecular complexity index is 1030. The van der Waals surface area contributed by atoms with Crippen LogP contribution in [0.15, 0.2) is 72.8 Å². The molecule has 160 valence electrons. The van der Waals surface area contributed by atoms with Gasteiger partial charge in [0, 0.05) is 6.07 Å². The van der Waals surface area contributed by atoms with Crippen molar-refractivity contribution >= 4 is 5.97 Å². The van der Waals surface area contributed by atoms with Crippen LogP contribution >= 0.6 is 0 Å². The van der Waals surface area contributed by atoms with Crippen LogP contribution in [0.4, 0.5) is 0 Å². The average Bonchev–Trinajstić information content (AvgIpc) is 2.78. The van der Waals surface area contributed by atoms with Crippen LogP contribution in [0.1, 0.15) is 6.92 Å². The molecule has 1 aliphatic heterocycles. The summed E-state index contributed by atoms with van der Waals surface area (Å²) in [4.78, 5) is 11.3. The molecule has 0 aliphatic carbocycles. The van der Waals surface area contributed by atoms with Crippen molar-refractivity contribution in [3.05, 3.63) is 72.8 Å². The lowest BCUT2D eigenvalue weighted by molar-refractivity contribution is -0.158. The van der Waals surface area contributed by atoms with Crippen molar-refractivity contribution in [2.75, 3.05) is 19.8 Å². The molecule has 31 heavy (non-hydrogen) atoms. The summed E-state index contributed by atoms with van der Waals surface area (Å²) >= 11 is 0. The summed E-state index contributed by atoms with van der Waals surface area (Å²) in [5, 5.41) is 9.25. The Balaban J connectivity index is 1.24. The van der Waals surface area contributed by atoms with Gasteiger partial charge in [-0.05, 0) is 55.5 Å². The molecule has 0 aromatic heterocycles. The number of ether oxygens (including phenoxy) is 5. The Morgan fingerprint density at radius 2 is 1.48 bits per heavy atom. The number of hydrogen-bond donors (Lipinski definition) is 1. The van der Waals surface area contributed by atoms with Gasteiger partial charge in [-0.1, -0.05) is 18.2 Å². The first-order valence-corrected chi connectivity index (χ1v) is 9.80. The van der Waals surface area contributed by atoms with Gasteiger partial charge in [0.2, 0.25) is 5.60 Å². The summed E-state index contributed by atoms with van der Waals surface area (Å²) in [7, 11) is 0. The van der Waals surface area contributed by atoms with E-state index in [0.717, 1.165) is 11.5 Å². The number of carboxylic acid groups (broad SMARTS) is 1. The Labute approximate surface area is 179 Å². The quantitative estimate of drug-likeness (QED) is 0.533. The van der Waals surface area contributed by atoms with Gasteiger partial charge in [0.1, 0.15) is 42.8 Å². The van der Waals surface area contributed by atoms with Gasteiger partial charge in [-0.2, -0.15) is 0 Å². The van der Waals surface area contributed by atoms with Crippen LogP contribution in [0, 0.1) is 0 Å². The monoisotopic (exact) mass is 422 g/mol. The second kappa shape index (κ2) is 8.87. The van der Waals surface area contributed by atoms with Crippen molar-refractivity contribution in [1.29, 1.82) is 0 Å². The average molecular weight is 422 g/mol. The van der Waals surface area contributed by atoms with E-state index in [-0.39, 0.29) is 6.61 Å². The molecule has 0 spiro atoms. The van der Waals surface area contributed by atoms with Gasteiger partial charge < -0.3 is 28.8 Å². The van der Waals surface area contributed by atoms with E-state index < -0.39 is 11.6 Å². The maximum Gasteiger partial charge on any atom is 0.351 e. The topological polar surface area (TPSA) is 83.5 Å². The molecule has 7 heteroatoms. The van der Waals surface area contributed by atoms with E-state index in [9.17, 15) is 9.90 Å². The van der Waals surface area contributed by atoms with Gasteiger partial charge in [-0.15, -0.1) is 0 Å². The number of carboxylic acids is 1. The van der Waals surface area contributed by atoms with E-state index in [4.69, 9.17) is 23.7 Å². The molecule has 3 aromatic carbocycles. The van der Waals surface area contributed by atoms with Crippen molar-refractivity contribution in [3.8, 4) is 34.5 Å². The standard InChI is InChI=1S/C24H22O7/c1-24(23(25)26)16-29-22-15-20(11-12-21(22)31-24)28-14-13-27-17-7-9-19(10-8-17)30-18-5-3-2-4-6-18/h2-12,15H,13-14,16H2,1H3,(H,25,26). The molecule has 1 atom stereocenters. The fourth-order valence-electron chi connectivity index (χ4n) is 2.92. The number of carbonyl (C=O) groups is 1. The molecule has 0 fully saturated rings. The molecule has 0 saturated heterocycles. The molecule has 0 amide bonds. The van der Waals surface area contributed by atoms with Crippen LogP contribution in [-0.2, 0) is 4.79 Å². The molecule has 1 unspecified atom stereocenters. The van der Waals surface area contributed by atoms with Crippen molar-refractivity contribution in [3.63, 3.8) is 0 Å². The molecule has 0 radical (unpaired) electrons. The molecule has 1 N–H and O–H groups in total. The number of benzene rings is 3. The zero-order chi connectivity index (χ0) is 21.7. The largest absolute Gasteiger partial charge is 0.490 e. The lowest BCUT2D eigenvalue weighted by atomic mass is 10.1. The summed E-state index contributed by atoms with van der Waals surface area (Å²) < 4.78 is 28.2. The first kappa shape index (κ1) is 20.4. The molecule has 3 aromatic rings. The number of fused-ring (bicyclic) bond motifs is 1. The Hall–Kier alpha value is -3.87. The van der Waals surface area contributed by atoms with Gasteiger partial charge >= 0.3 is 5.97 Å². The highest BCUT2D eigenvalue weighted by atomic mass is 16.6. The second-order valence-corrected chi connectivity index (χ2v) is 7.12. The zero-order valence-electron chi connectivity index (χ0n) is 16.9. The third kappa shape index (κ3) is 5.01. The summed E-state index contributed by atoms with van der Waals surface area (Å²) in [6.07, 6.45) is 0. The maximum absolute atomic E-state index is 11.3.